The molecule has 6 heteroatoms. The number of alkyl halides is 1. The average molecular weight is 233 g/mol. The molecule has 1 fully saturated rings. The topological polar surface area (TPSA) is 66.8 Å². The molecule has 1 amide bonds. The fourth-order valence-corrected chi connectivity index (χ4v) is 1.47. The van der Waals surface area contributed by atoms with Crippen LogP contribution in [0.3, 0.4) is 0 Å². The number of ether oxygens (including phenoxy) is 1. The Labute approximate surface area is 93.2 Å². The minimum absolute atomic E-state index is 0.134. The Morgan fingerprint density at radius 3 is 2.31 bits per heavy atom. The van der Waals surface area contributed by atoms with Gasteiger partial charge in [0.25, 0.3) is 0 Å². The highest BCUT2D eigenvalue weighted by Crippen LogP contribution is 2.22. The molecule has 16 heavy (non-hydrogen) atoms. The second-order valence-electron chi connectivity index (χ2n) is 4.85. The van der Waals surface area contributed by atoms with Crippen LogP contribution in [0.5, 0.6) is 0 Å². The summed E-state index contributed by atoms with van der Waals surface area (Å²) in [5, 5.41) is 8.70. The lowest BCUT2D eigenvalue weighted by Gasteiger charge is -2.24. The van der Waals surface area contributed by atoms with Gasteiger partial charge < -0.3 is 14.7 Å². The van der Waals surface area contributed by atoms with Gasteiger partial charge in [-0.3, -0.25) is 4.79 Å². The van der Waals surface area contributed by atoms with Crippen molar-refractivity contribution in [3.05, 3.63) is 0 Å². The number of carboxylic acids is 1. The standard InChI is InChI=1S/C10H16FNO4/c1-10(2,3)16-9(15)12-4-6(8(13)14)7(11)5-12/h6-7H,4-5H2,1-3H3,(H,13,14)/t6-,7-/m1/s1. The molecule has 1 aliphatic heterocycles. The van der Waals surface area contributed by atoms with E-state index in [2.05, 4.69) is 0 Å². The fourth-order valence-electron chi connectivity index (χ4n) is 1.47. The Hall–Kier alpha value is -1.33. The molecule has 0 aromatic heterocycles. The van der Waals surface area contributed by atoms with Gasteiger partial charge in [-0.15, -0.1) is 0 Å². The molecule has 1 heterocycles. The van der Waals surface area contributed by atoms with Crippen LogP contribution in [0.15, 0.2) is 0 Å². The van der Waals surface area contributed by atoms with Crippen molar-refractivity contribution in [2.45, 2.75) is 32.5 Å². The molecule has 2 atom stereocenters. The van der Waals surface area contributed by atoms with E-state index in [0.717, 1.165) is 4.90 Å². The zero-order chi connectivity index (χ0) is 12.5. The Bertz CT molecular complexity index is 300. The summed E-state index contributed by atoms with van der Waals surface area (Å²) in [5.74, 6) is -2.37. The molecule has 0 aliphatic carbocycles. The maximum atomic E-state index is 13.3. The smallest absolute Gasteiger partial charge is 0.410 e. The molecule has 92 valence electrons. The molecule has 0 bridgehead atoms. The lowest BCUT2D eigenvalue weighted by molar-refractivity contribution is -0.142. The number of amides is 1. The Morgan fingerprint density at radius 2 is 1.94 bits per heavy atom. The summed E-state index contributed by atoms with van der Waals surface area (Å²) >= 11 is 0. The number of carboxylic acid groups (broad SMARTS) is 1. The number of hydrogen-bond acceptors (Lipinski definition) is 3. The van der Waals surface area contributed by atoms with Crippen LogP contribution in [0.2, 0.25) is 0 Å². The third kappa shape index (κ3) is 3.08. The van der Waals surface area contributed by atoms with Gasteiger partial charge in [-0.05, 0) is 20.8 Å². The summed E-state index contributed by atoms with van der Waals surface area (Å²) in [6.07, 6.45) is -2.19. The van der Waals surface area contributed by atoms with Gasteiger partial charge in [-0.1, -0.05) is 0 Å². The molecule has 0 radical (unpaired) electrons. The monoisotopic (exact) mass is 233 g/mol. The van der Waals surface area contributed by atoms with Crippen molar-refractivity contribution < 1.29 is 23.8 Å². The third-order valence-corrected chi connectivity index (χ3v) is 2.22. The molecule has 1 saturated heterocycles. The van der Waals surface area contributed by atoms with Crippen LogP contribution in [0.1, 0.15) is 20.8 Å². The summed E-state index contributed by atoms with van der Waals surface area (Å²) in [4.78, 5) is 23.3. The number of nitrogens with zero attached hydrogens (tertiary/aromatic N) is 1. The normalized spacial score (nSPS) is 25.6. The van der Waals surface area contributed by atoms with E-state index < -0.39 is 29.8 Å². The number of carbonyl (C=O) groups is 2. The zero-order valence-electron chi connectivity index (χ0n) is 9.57. The number of halogens is 1. The molecule has 1 rings (SSSR count). The van der Waals surface area contributed by atoms with E-state index in [4.69, 9.17) is 9.84 Å². The number of aliphatic carboxylic acids is 1. The first-order valence-electron chi connectivity index (χ1n) is 5.05. The first-order chi connectivity index (χ1) is 7.20. The largest absolute Gasteiger partial charge is 0.481 e. The molecular formula is C10H16FNO4. The predicted molar refractivity (Wildman–Crippen MR) is 53.8 cm³/mol. The van der Waals surface area contributed by atoms with Crippen LogP contribution in [0.25, 0.3) is 0 Å². The molecule has 0 spiro atoms. The van der Waals surface area contributed by atoms with E-state index in [1.807, 2.05) is 0 Å². The van der Waals surface area contributed by atoms with Crippen LogP contribution < -0.4 is 0 Å². The second-order valence-corrected chi connectivity index (χ2v) is 4.85. The Morgan fingerprint density at radius 1 is 1.38 bits per heavy atom. The fraction of sp³-hybridized carbons (Fsp3) is 0.800. The first-order valence-corrected chi connectivity index (χ1v) is 5.05. The van der Waals surface area contributed by atoms with Gasteiger partial charge in [0.05, 0.1) is 6.54 Å². The third-order valence-electron chi connectivity index (χ3n) is 2.22. The number of hydrogen-bond donors (Lipinski definition) is 1. The van der Waals surface area contributed by atoms with Gasteiger partial charge in [0.15, 0.2) is 0 Å². The van der Waals surface area contributed by atoms with E-state index in [9.17, 15) is 14.0 Å². The van der Waals surface area contributed by atoms with E-state index in [1.165, 1.54) is 0 Å². The van der Waals surface area contributed by atoms with Crippen molar-refractivity contribution in [2.75, 3.05) is 13.1 Å². The summed E-state index contributed by atoms with van der Waals surface area (Å²) in [7, 11) is 0. The predicted octanol–water partition coefficient (Wildman–Crippen LogP) is 1.28. The van der Waals surface area contributed by atoms with E-state index >= 15 is 0 Å². The van der Waals surface area contributed by atoms with Crippen molar-refractivity contribution in [1.29, 1.82) is 0 Å². The summed E-state index contributed by atoms with van der Waals surface area (Å²) in [6.45, 7) is 4.74. The van der Waals surface area contributed by atoms with Gasteiger partial charge in [0, 0.05) is 6.54 Å². The summed E-state index contributed by atoms with van der Waals surface area (Å²) in [6, 6.07) is 0. The molecule has 1 aliphatic rings. The number of carbonyl (C=O) groups excluding carboxylic acids is 1. The van der Waals surface area contributed by atoms with Crippen LogP contribution in [0.4, 0.5) is 9.18 Å². The minimum Gasteiger partial charge on any atom is -0.481 e. The van der Waals surface area contributed by atoms with Crippen molar-refractivity contribution in [3.8, 4) is 0 Å². The maximum absolute atomic E-state index is 13.3. The number of rotatable bonds is 1. The van der Waals surface area contributed by atoms with Crippen molar-refractivity contribution >= 4 is 12.1 Å². The lowest BCUT2D eigenvalue weighted by atomic mass is 10.1. The molecule has 5 nitrogen and oxygen atoms in total. The van der Waals surface area contributed by atoms with Crippen molar-refractivity contribution in [3.63, 3.8) is 0 Å². The number of likely N-dealkylation sites (tertiary alicyclic amines) is 1. The van der Waals surface area contributed by atoms with Crippen LogP contribution in [-0.2, 0) is 9.53 Å². The first kappa shape index (κ1) is 12.7. The molecule has 0 aromatic rings. The SMILES string of the molecule is CC(C)(C)OC(=O)N1C[C@@H](F)[C@H](C(=O)O)C1. The van der Waals surface area contributed by atoms with Crippen LogP contribution in [0, 0.1) is 5.92 Å². The summed E-state index contributed by atoms with van der Waals surface area (Å²) < 4.78 is 18.3. The van der Waals surface area contributed by atoms with Gasteiger partial charge in [-0.2, -0.15) is 0 Å². The highest BCUT2D eigenvalue weighted by atomic mass is 19.1. The van der Waals surface area contributed by atoms with E-state index in [1.54, 1.807) is 20.8 Å². The molecule has 0 aromatic carbocycles. The zero-order valence-corrected chi connectivity index (χ0v) is 9.57. The highest BCUT2D eigenvalue weighted by molar-refractivity contribution is 5.75. The molecule has 1 N–H and O–H groups in total. The Kier molecular flexibility index (Phi) is 3.40. The second kappa shape index (κ2) is 4.27. The van der Waals surface area contributed by atoms with Crippen LogP contribution in [-0.4, -0.2) is 46.9 Å². The quantitative estimate of drug-likeness (QED) is 0.740. The maximum Gasteiger partial charge on any atom is 0.410 e. The van der Waals surface area contributed by atoms with Gasteiger partial charge in [0.2, 0.25) is 0 Å². The Balaban J connectivity index is 2.58. The minimum atomic E-state index is -1.52. The van der Waals surface area contributed by atoms with Crippen LogP contribution >= 0.6 is 0 Å². The average Bonchev–Trinajstić information content (AvgIpc) is 2.44. The van der Waals surface area contributed by atoms with Crippen molar-refractivity contribution in [1.82, 2.24) is 4.90 Å². The molecule has 0 unspecified atom stereocenters. The molecular weight excluding hydrogens is 217 g/mol. The summed E-state index contributed by atoms with van der Waals surface area (Å²) in [5.41, 5.74) is -0.662. The van der Waals surface area contributed by atoms with Gasteiger partial charge in [-0.25, -0.2) is 9.18 Å². The van der Waals surface area contributed by atoms with Gasteiger partial charge >= 0.3 is 12.1 Å². The van der Waals surface area contributed by atoms with E-state index in [-0.39, 0.29) is 13.1 Å². The highest BCUT2D eigenvalue weighted by Gasteiger charge is 2.41. The lowest BCUT2D eigenvalue weighted by Crippen LogP contribution is -2.36. The molecule has 0 saturated carbocycles. The van der Waals surface area contributed by atoms with E-state index in [0.29, 0.717) is 0 Å². The van der Waals surface area contributed by atoms with Gasteiger partial charge in [0.1, 0.15) is 17.7 Å². The van der Waals surface area contributed by atoms with Crippen molar-refractivity contribution in [2.24, 2.45) is 5.92 Å².